The van der Waals surface area contributed by atoms with Crippen molar-refractivity contribution in [1.82, 2.24) is 14.5 Å². The summed E-state index contributed by atoms with van der Waals surface area (Å²) in [6, 6.07) is 7.60. The van der Waals surface area contributed by atoms with Gasteiger partial charge in [-0.25, -0.2) is 4.98 Å². The Morgan fingerprint density at radius 1 is 1.27 bits per heavy atom. The van der Waals surface area contributed by atoms with E-state index in [9.17, 15) is 9.59 Å². The minimum atomic E-state index is -0.162. The van der Waals surface area contributed by atoms with Crippen molar-refractivity contribution < 1.29 is 4.79 Å². The van der Waals surface area contributed by atoms with Crippen LogP contribution in [0.15, 0.2) is 46.9 Å². The first-order valence-electron chi connectivity index (χ1n) is 9.73. The highest BCUT2D eigenvalue weighted by Crippen LogP contribution is 2.27. The molecule has 1 N–H and O–H groups in total. The van der Waals surface area contributed by atoms with Crippen molar-refractivity contribution in [2.24, 2.45) is 0 Å². The van der Waals surface area contributed by atoms with Crippen LogP contribution in [0.1, 0.15) is 19.4 Å². The van der Waals surface area contributed by atoms with Gasteiger partial charge in [0.25, 0.3) is 5.56 Å². The van der Waals surface area contributed by atoms with Gasteiger partial charge in [-0.05, 0) is 32.9 Å². The van der Waals surface area contributed by atoms with Crippen molar-refractivity contribution in [3.8, 4) is 0 Å². The Kier molecular flexibility index (Phi) is 7.28. The highest BCUT2D eigenvalue weighted by molar-refractivity contribution is 7.99. The van der Waals surface area contributed by atoms with Crippen LogP contribution in [0.3, 0.4) is 0 Å². The number of carbonyl (C=O) groups is 1. The van der Waals surface area contributed by atoms with Crippen LogP contribution in [-0.2, 0) is 11.3 Å². The smallest absolute Gasteiger partial charge is 0.274 e. The van der Waals surface area contributed by atoms with E-state index in [1.54, 1.807) is 10.6 Å². The summed E-state index contributed by atoms with van der Waals surface area (Å²) in [5.74, 6) is -0.0267. The molecule has 1 amide bonds. The summed E-state index contributed by atoms with van der Waals surface area (Å²) in [6.45, 7) is 11.8. The molecule has 0 aliphatic rings. The number of anilines is 2. The monoisotopic (exact) mass is 443 g/mol. The topological polar surface area (TPSA) is 80.1 Å². The zero-order valence-electron chi connectivity index (χ0n) is 17.3. The van der Waals surface area contributed by atoms with Crippen molar-refractivity contribution in [3.63, 3.8) is 0 Å². The number of hydrogen-bond donors (Lipinski definition) is 1. The molecule has 3 aromatic rings. The Hall–Kier alpha value is -2.65. The maximum Gasteiger partial charge on any atom is 0.274 e. The van der Waals surface area contributed by atoms with Gasteiger partial charge in [-0.15, -0.1) is 6.58 Å². The first kappa shape index (κ1) is 22.0. The molecule has 7 nitrogen and oxygen atoms in total. The maximum atomic E-state index is 13.0. The Bertz CT molecular complexity index is 1100. The number of fused-ring (bicyclic) bond motifs is 1. The van der Waals surface area contributed by atoms with Gasteiger partial charge in [0.2, 0.25) is 5.91 Å². The van der Waals surface area contributed by atoms with Gasteiger partial charge in [0.05, 0.1) is 5.75 Å². The summed E-state index contributed by atoms with van der Waals surface area (Å²) in [4.78, 5) is 36.6. The molecule has 0 bridgehead atoms. The van der Waals surface area contributed by atoms with E-state index in [1.165, 1.54) is 23.1 Å². The van der Waals surface area contributed by atoms with Gasteiger partial charge in [0.15, 0.2) is 15.9 Å². The van der Waals surface area contributed by atoms with Gasteiger partial charge >= 0.3 is 0 Å². The predicted molar refractivity (Wildman–Crippen MR) is 126 cm³/mol. The molecule has 0 unspecified atom stereocenters. The molecule has 0 saturated heterocycles. The van der Waals surface area contributed by atoms with Gasteiger partial charge in [-0.1, -0.05) is 46.9 Å². The standard InChI is InChI=1S/C21H25N5O2S2/c1-5-12-26-19(28)17-18(23-20(30-17)25(6-2)7-3)24-21(26)29-13-16(27)22-15-10-8-14(4)9-11-15/h5,8-11H,1,6-7,12-13H2,2-4H3,(H,22,27). The lowest BCUT2D eigenvalue weighted by Gasteiger charge is -2.15. The van der Waals surface area contributed by atoms with E-state index in [1.807, 2.05) is 45.0 Å². The molecule has 0 saturated carbocycles. The molecule has 9 heteroatoms. The molecule has 0 fully saturated rings. The number of carbonyl (C=O) groups excluding carboxylic acids is 1. The lowest BCUT2D eigenvalue weighted by Crippen LogP contribution is -2.23. The molecular weight excluding hydrogens is 418 g/mol. The first-order chi connectivity index (χ1) is 14.5. The molecular formula is C21H25N5O2S2. The Balaban J connectivity index is 1.85. The second-order valence-corrected chi connectivity index (χ2v) is 8.54. The van der Waals surface area contributed by atoms with E-state index in [0.717, 1.165) is 29.5 Å². The van der Waals surface area contributed by atoms with E-state index >= 15 is 0 Å². The first-order valence-corrected chi connectivity index (χ1v) is 11.5. The summed E-state index contributed by atoms with van der Waals surface area (Å²) >= 11 is 2.57. The second-order valence-electron chi connectivity index (χ2n) is 6.62. The fourth-order valence-electron chi connectivity index (χ4n) is 2.87. The fraction of sp³-hybridized carbons (Fsp3) is 0.333. The average Bonchev–Trinajstić information content (AvgIpc) is 3.15. The van der Waals surface area contributed by atoms with Crippen LogP contribution in [0.5, 0.6) is 0 Å². The molecule has 0 aliphatic heterocycles. The number of rotatable bonds is 9. The number of allylic oxidation sites excluding steroid dienone is 1. The molecule has 0 aliphatic carbocycles. The molecule has 30 heavy (non-hydrogen) atoms. The number of nitrogens with one attached hydrogen (secondary N) is 1. The molecule has 0 atom stereocenters. The SMILES string of the molecule is C=CCn1c(SCC(=O)Nc2ccc(C)cc2)nc2nc(N(CC)CC)sc2c1=O. The molecule has 2 aromatic heterocycles. The zero-order valence-corrected chi connectivity index (χ0v) is 19.0. The molecule has 158 valence electrons. The van der Waals surface area contributed by atoms with Crippen LogP contribution in [0.25, 0.3) is 10.3 Å². The normalized spacial score (nSPS) is 10.9. The van der Waals surface area contributed by atoms with Crippen LogP contribution in [0.2, 0.25) is 0 Å². The highest BCUT2D eigenvalue weighted by atomic mass is 32.2. The van der Waals surface area contributed by atoms with E-state index in [-0.39, 0.29) is 17.2 Å². The van der Waals surface area contributed by atoms with Gasteiger partial charge in [-0.3, -0.25) is 14.2 Å². The van der Waals surface area contributed by atoms with Gasteiger partial charge in [0.1, 0.15) is 4.70 Å². The third kappa shape index (κ3) is 4.91. The minimum absolute atomic E-state index is 0.135. The van der Waals surface area contributed by atoms with Crippen molar-refractivity contribution in [1.29, 1.82) is 0 Å². The van der Waals surface area contributed by atoms with Gasteiger partial charge in [-0.2, -0.15) is 4.98 Å². The number of aryl methyl sites for hydroxylation is 1. The minimum Gasteiger partial charge on any atom is -0.349 e. The van der Waals surface area contributed by atoms with Gasteiger partial charge in [0, 0.05) is 25.3 Å². The van der Waals surface area contributed by atoms with Crippen molar-refractivity contribution in [3.05, 3.63) is 52.8 Å². The van der Waals surface area contributed by atoms with Crippen LogP contribution in [0.4, 0.5) is 10.8 Å². The molecule has 2 heterocycles. The third-order valence-electron chi connectivity index (χ3n) is 4.48. The molecule has 1 aromatic carbocycles. The zero-order chi connectivity index (χ0) is 21.7. The van der Waals surface area contributed by atoms with Crippen LogP contribution in [0, 0.1) is 6.92 Å². The lowest BCUT2D eigenvalue weighted by atomic mass is 10.2. The number of hydrogen-bond acceptors (Lipinski definition) is 7. The Labute approximate surface area is 183 Å². The van der Waals surface area contributed by atoms with E-state index in [0.29, 0.717) is 22.0 Å². The molecule has 0 radical (unpaired) electrons. The van der Waals surface area contributed by atoms with Crippen molar-refractivity contribution in [2.45, 2.75) is 32.5 Å². The van der Waals surface area contributed by atoms with Crippen LogP contribution >= 0.6 is 23.1 Å². The number of amides is 1. The van der Waals surface area contributed by atoms with Crippen LogP contribution < -0.4 is 15.8 Å². The lowest BCUT2D eigenvalue weighted by molar-refractivity contribution is -0.113. The summed E-state index contributed by atoms with van der Waals surface area (Å²) in [5, 5.41) is 4.10. The highest BCUT2D eigenvalue weighted by Gasteiger charge is 2.18. The Morgan fingerprint density at radius 3 is 2.60 bits per heavy atom. The van der Waals surface area contributed by atoms with E-state index < -0.39 is 0 Å². The quantitative estimate of drug-likeness (QED) is 0.307. The predicted octanol–water partition coefficient (Wildman–Crippen LogP) is 3.92. The summed E-state index contributed by atoms with van der Waals surface area (Å²) < 4.78 is 2.07. The van der Waals surface area contributed by atoms with Crippen molar-refractivity contribution >= 4 is 50.2 Å². The van der Waals surface area contributed by atoms with E-state index in [4.69, 9.17) is 0 Å². The summed E-state index contributed by atoms with van der Waals surface area (Å²) in [7, 11) is 0. The number of nitrogens with zero attached hydrogens (tertiary/aromatic N) is 4. The number of aromatic nitrogens is 3. The van der Waals surface area contributed by atoms with Crippen LogP contribution in [-0.4, -0.2) is 39.3 Å². The number of thioether (sulfide) groups is 1. The number of thiazole rings is 1. The molecule has 3 rings (SSSR count). The third-order valence-corrected chi connectivity index (χ3v) is 6.55. The van der Waals surface area contributed by atoms with Crippen molar-refractivity contribution in [2.75, 3.05) is 29.1 Å². The summed E-state index contributed by atoms with van der Waals surface area (Å²) in [5.41, 5.74) is 2.13. The Morgan fingerprint density at radius 2 is 1.97 bits per heavy atom. The molecule has 0 spiro atoms. The fourth-order valence-corrected chi connectivity index (χ4v) is 4.75. The van der Waals surface area contributed by atoms with Gasteiger partial charge < -0.3 is 10.2 Å². The largest absolute Gasteiger partial charge is 0.349 e. The maximum absolute atomic E-state index is 13.0. The average molecular weight is 444 g/mol. The second kappa shape index (κ2) is 9.90. The number of benzene rings is 1. The van der Waals surface area contributed by atoms with E-state index in [2.05, 4.69) is 26.8 Å². The summed E-state index contributed by atoms with van der Waals surface area (Å²) in [6.07, 6.45) is 1.65.